The van der Waals surface area contributed by atoms with Crippen LogP contribution in [0.15, 0.2) is 0 Å². The minimum atomic E-state index is 0. The standard InChI is InChI=1S/C7H15N.C2H6.CH4/c1-7(2)8-5-3-4-6-8;1-2;/h7H,3-6H2,1-2H3;1-2H3;1H4. The van der Waals surface area contributed by atoms with E-state index in [1.807, 2.05) is 13.8 Å². The van der Waals surface area contributed by atoms with Gasteiger partial charge >= 0.3 is 0 Å². The zero-order chi connectivity index (χ0) is 7.98. The van der Waals surface area contributed by atoms with Crippen LogP contribution in [0.2, 0.25) is 0 Å². The normalized spacial score (nSPS) is 17.2. The van der Waals surface area contributed by atoms with Gasteiger partial charge in [-0.3, -0.25) is 0 Å². The van der Waals surface area contributed by atoms with E-state index in [1.54, 1.807) is 0 Å². The van der Waals surface area contributed by atoms with Crippen LogP contribution < -0.4 is 0 Å². The van der Waals surface area contributed by atoms with Crippen LogP contribution in [0, 0.1) is 0 Å². The minimum absolute atomic E-state index is 0. The summed E-state index contributed by atoms with van der Waals surface area (Å²) in [6.45, 7) is 11.2. The van der Waals surface area contributed by atoms with Crippen LogP contribution >= 0.6 is 0 Å². The summed E-state index contributed by atoms with van der Waals surface area (Å²) < 4.78 is 0. The molecule has 0 bridgehead atoms. The molecule has 0 atom stereocenters. The van der Waals surface area contributed by atoms with Crippen molar-refractivity contribution in [3.05, 3.63) is 0 Å². The monoisotopic (exact) mass is 159 g/mol. The van der Waals surface area contributed by atoms with Gasteiger partial charge in [0.25, 0.3) is 0 Å². The maximum atomic E-state index is 2.53. The molecule has 0 unspecified atom stereocenters. The SMILES string of the molecule is C.CC.CC(C)N1CCCC1. The molecule has 1 fully saturated rings. The van der Waals surface area contributed by atoms with Crippen LogP contribution in [0.1, 0.15) is 48.0 Å². The second-order valence-corrected chi connectivity index (χ2v) is 2.84. The highest BCUT2D eigenvalue weighted by molar-refractivity contribution is 4.68. The molecule has 11 heavy (non-hydrogen) atoms. The van der Waals surface area contributed by atoms with Crippen LogP contribution in [0.25, 0.3) is 0 Å². The summed E-state index contributed by atoms with van der Waals surface area (Å²) in [5, 5.41) is 0. The molecule has 1 heteroatoms. The molecule has 0 aromatic rings. The van der Waals surface area contributed by atoms with E-state index in [9.17, 15) is 0 Å². The molecule has 0 aromatic carbocycles. The lowest BCUT2D eigenvalue weighted by atomic mass is 10.3. The molecule has 0 N–H and O–H groups in total. The Kier molecular flexibility index (Phi) is 9.92. The van der Waals surface area contributed by atoms with Crippen molar-refractivity contribution in [1.29, 1.82) is 0 Å². The number of hydrogen-bond donors (Lipinski definition) is 0. The third-order valence-electron chi connectivity index (χ3n) is 1.87. The number of likely N-dealkylation sites (tertiary alicyclic amines) is 1. The van der Waals surface area contributed by atoms with Crippen molar-refractivity contribution in [3.8, 4) is 0 Å². The zero-order valence-electron chi connectivity index (χ0n) is 7.85. The molecule has 0 aromatic heterocycles. The fourth-order valence-electron chi connectivity index (χ4n) is 1.26. The van der Waals surface area contributed by atoms with E-state index in [0.29, 0.717) is 0 Å². The Hall–Kier alpha value is -0.0400. The molecule has 1 aliphatic heterocycles. The Morgan fingerprint density at radius 1 is 1.00 bits per heavy atom. The highest BCUT2D eigenvalue weighted by Crippen LogP contribution is 2.09. The first-order valence-electron chi connectivity index (χ1n) is 4.55. The molecule has 1 nitrogen and oxygen atoms in total. The lowest BCUT2D eigenvalue weighted by molar-refractivity contribution is 0.276. The van der Waals surface area contributed by atoms with Crippen molar-refractivity contribution in [3.63, 3.8) is 0 Å². The molecular weight excluding hydrogens is 134 g/mol. The van der Waals surface area contributed by atoms with Gasteiger partial charge in [0.15, 0.2) is 0 Å². The molecule has 0 saturated carbocycles. The van der Waals surface area contributed by atoms with E-state index in [0.717, 1.165) is 6.04 Å². The topological polar surface area (TPSA) is 3.24 Å². The molecule has 0 radical (unpaired) electrons. The minimum Gasteiger partial charge on any atom is -0.301 e. The van der Waals surface area contributed by atoms with E-state index in [-0.39, 0.29) is 7.43 Å². The predicted octanol–water partition coefficient (Wildman–Crippen LogP) is 3.15. The third-order valence-corrected chi connectivity index (χ3v) is 1.87. The molecular formula is C10H25N. The summed E-state index contributed by atoms with van der Waals surface area (Å²) in [6.07, 6.45) is 2.83. The van der Waals surface area contributed by atoms with Gasteiger partial charge in [-0.1, -0.05) is 21.3 Å². The molecule has 0 aliphatic carbocycles. The van der Waals surface area contributed by atoms with Crippen molar-refractivity contribution in [1.82, 2.24) is 4.90 Å². The Balaban J connectivity index is 0. The first-order chi connectivity index (χ1) is 4.80. The average Bonchev–Trinajstić information content (AvgIpc) is 2.42. The number of hydrogen-bond acceptors (Lipinski definition) is 1. The maximum Gasteiger partial charge on any atom is 0.00385 e. The van der Waals surface area contributed by atoms with Gasteiger partial charge in [0.2, 0.25) is 0 Å². The van der Waals surface area contributed by atoms with Gasteiger partial charge in [0.05, 0.1) is 0 Å². The second-order valence-electron chi connectivity index (χ2n) is 2.84. The fraction of sp³-hybridized carbons (Fsp3) is 1.00. The molecule has 1 aliphatic rings. The van der Waals surface area contributed by atoms with Gasteiger partial charge in [0, 0.05) is 6.04 Å². The fourth-order valence-corrected chi connectivity index (χ4v) is 1.26. The lowest BCUT2D eigenvalue weighted by Crippen LogP contribution is -2.26. The average molecular weight is 159 g/mol. The largest absolute Gasteiger partial charge is 0.301 e. The van der Waals surface area contributed by atoms with Crippen molar-refractivity contribution in [2.75, 3.05) is 13.1 Å². The summed E-state index contributed by atoms with van der Waals surface area (Å²) in [4.78, 5) is 2.53. The molecule has 1 heterocycles. The number of nitrogens with zero attached hydrogens (tertiary/aromatic N) is 1. The smallest absolute Gasteiger partial charge is 0.00385 e. The number of rotatable bonds is 1. The van der Waals surface area contributed by atoms with Gasteiger partial charge in [0.1, 0.15) is 0 Å². The van der Waals surface area contributed by atoms with Gasteiger partial charge in [-0.05, 0) is 39.8 Å². The zero-order valence-corrected chi connectivity index (χ0v) is 7.85. The van der Waals surface area contributed by atoms with E-state index < -0.39 is 0 Å². The predicted molar refractivity (Wildman–Crippen MR) is 54.0 cm³/mol. The molecule has 0 spiro atoms. The summed E-state index contributed by atoms with van der Waals surface area (Å²) in [5.41, 5.74) is 0. The highest BCUT2D eigenvalue weighted by Gasteiger charge is 2.13. The van der Waals surface area contributed by atoms with Gasteiger partial charge < -0.3 is 4.90 Å². The highest BCUT2D eigenvalue weighted by atomic mass is 15.2. The molecule has 0 amide bonds. The van der Waals surface area contributed by atoms with Crippen LogP contribution in [0.5, 0.6) is 0 Å². The molecule has 1 rings (SSSR count). The Morgan fingerprint density at radius 3 is 1.55 bits per heavy atom. The Morgan fingerprint density at radius 2 is 1.36 bits per heavy atom. The van der Waals surface area contributed by atoms with Crippen LogP contribution in [-0.2, 0) is 0 Å². The van der Waals surface area contributed by atoms with Crippen molar-refractivity contribution in [2.45, 2.75) is 54.0 Å². The maximum absolute atomic E-state index is 2.53. The van der Waals surface area contributed by atoms with Crippen molar-refractivity contribution < 1.29 is 0 Å². The Labute approximate surface area is 72.8 Å². The van der Waals surface area contributed by atoms with Crippen molar-refractivity contribution in [2.24, 2.45) is 0 Å². The molecule has 1 saturated heterocycles. The van der Waals surface area contributed by atoms with E-state index in [1.165, 1.54) is 25.9 Å². The van der Waals surface area contributed by atoms with Gasteiger partial charge in [-0.25, -0.2) is 0 Å². The second kappa shape index (κ2) is 8.06. The first kappa shape index (κ1) is 13.5. The molecule has 70 valence electrons. The summed E-state index contributed by atoms with van der Waals surface area (Å²) in [7, 11) is 0. The van der Waals surface area contributed by atoms with E-state index in [2.05, 4.69) is 18.7 Å². The van der Waals surface area contributed by atoms with E-state index in [4.69, 9.17) is 0 Å². The Bertz CT molecular complexity index is 63.3. The lowest BCUT2D eigenvalue weighted by Gasteiger charge is -2.18. The summed E-state index contributed by atoms with van der Waals surface area (Å²) >= 11 is 0. The first-order valence-corrected chi connectivity index (χ1v) is 4.55. The van der Waals surface area contributed by atoms with Crippen molar-refractivity contribution >= 4 is 0 Å². The van der Waals surface area contributed by atoms with E-state index >= 15 is 0 Å². The summed E-state index contributed by atoms with van der Waals surface area (Å²) in [6, 6.07) is 0.775. The van der Waals surface area contributed by atoms with Crippen LogP contribution in [0.4, 0.5) is 0 Å². The van der Waals surface area contributed by atoms with Crippen LogP contribution in [-0.4, -0.2) is 24.0 Å². The van der Waals surface area contributed by atoms with Gasteiger partial charge in [-0.2, -0.15) is 0 Å². The van der Waals surface area contributed by atoms with Gasteiger partial charge in [-0.15, -0.1) is 0 Å². The quantitative estimate of drug-likeness (QED) is 0.568. The third kappa shape index (κ3) is 5.25. The van der Waals surface area contributed by atoms with Crippen LogP contribution in [0.3, 0.4) is 0 Å². The summed E-state index contributed by atoms with van der Waals surface area (Å²) in [5.74, 6) is 0.